The Hall–Kier alpha value is -1.81. The highest BCUT2D eigenvalue weighted by molar-refractivity contribution is 5.76. The summed E-state index contributed by atoms with van der Waals surface area (Å²) in [7, 11) is 2.02. The fourth-order valence-corrected chi connectivity index (χ4v) is 5.40. The lowest BCUT2D eigenvalue weighted by atomic mass is 9.69. The number of nitrogen functional groups attached to an aromatic ring is 1. The third-order valence-corrected chi connectivity index (χ3v) is 7.90. The van der Waals surface area contributed by atoms with Crippen molar-refractivity contribution in [3.8, 4) is 0 Å². The van der Waals surface area contributed by atoms with Crippen molar-refractivity contribution in [3.63, 3.8) is 0 Å². The van der Waals surface area contributed by atoms with Crippen LogP contribution in [0.5, 0.6) is 0 Å². The number of nitrogens with zero attached hydrogens (tertiary/aromatic N) is 1. The van der Waals surface area contributed by atoms with Crippen molar-refractivity contribution in [3.05, 3.63) is 35.4 Å². The Kier molecular flexibility index (Phi) is 6.72. The Balaban J connectivity index is 1.90. The molecule has 0 radical (unpaired) electrons. The summed E-state index contributed by atoms with van der Waals surface area (Å²) < 4.78 is 0. The third kappa shape index (κ3) is 4.37. The number of nitrogens with two attached hydrogens (primary N) is 1. The molecule has 1 saturated heterocycles. The van der Waals surface area contributed by atoms with Crippen molar-refractivity contribution in [2.45, 2.75) is 71.1 Å². The Labute approximate surface area is 176 Å². The molecule has 29 heavy (non-hydrogen) atoms. The maximum absolute atomic E-state index is 11.8. The summed E-state index contributed by atoms with van der Waals surface area (Å²) in [6.45, 7) is 8.91. The maximum atomic E-state index is 11.8. The van der Waals surface area contributed by atoms with Crippen molar-refractivity contribution in [1.29, 1.82) is 0 Å². The first-order valence-corrected chi connectivity index (χ1v) is 11.4. The summed E-state index contributed by atoms with van der Waals surface area (Å²) in [5.74, 6) is 0.184. The van der Waals surface area contributed by atoms with Crippen LogP contribution in [0.15, 0.2) is 24.3 Å². The molecule has 4 nitrogen and oxygen atoms in total. The van der Waals surface area contributed by atoms with Crippen molar-refractivity contribution in [1.82, 2.24) is 10.2 Å². The van der Waals surface area contributed by atoms with Crippen molar-refractivity contribution in [2.24, 2.45) is 5.41 Å². The van der Waals surface area contributed by atoms with E-state index in [2.05, 4.69) is 43.4 Å². The van der Waals surface area contributed by atoms with Crippen LogP contribution in [-0.4, -0.2) is 37.5 Å². The topological polar surface area (TPSA) is 58.4 Å². The lowest BCUT2D eigenvalue weighted by Gasteiger charge is -2.42. The molecule has 1 aromatic rings. The molecule has 2 aliphatic rings. The van der Waals surface area contributed by atoms with Crippen LogP contribution in [-0.2, 0) is 10.2 Å². The van der Waals surface area contributed by atoms with Gasteiger partial charge in [-0.2, -0.15) is 0 Å². The summed E-state index contributed by atoms with van der Waals surface area (Å²) in [4.78, 5) is 13.8. The number of benzene rings is 1. The Bertz CT molecular complexity index is 755. The van der Waals surface area contributed by atoms with E-state index in [1.165, 1.54) is 36.0 Å². The molecule has 1 heterocycles. The van der Waals surface area contributed by atoms with Crippen LogP contribution in [0.1, 0.15) is 76.8 Å². The molecule has 0 aromatic heterocycles. The van der Waals surface area contributed by atoms with Gasteiger partial charge in [-0.15, -0.1) is 0 Å². The maximum Gasteiger partial charge on any atom is 0.219 e. The Morgan fingerprint density at radius 3 is 2.38 bits per heavy atom. The average molecular weight is 398 g/mol. The Morgan fingerprint density at radius 2 is 1.86 bits per heavy atom. The highest BCUT2D eigenvalue weighted by Crippen LogP contribution is 2.45. The molecule has 0 atom stereocenters. The number of amides is 1. The third-order valence-electron chi connectivity index (χ3n) is 7.90. The number of allylic oxidation sites excluding steroid dienone is 2. The highest BCUT2D eigenvalue weighted by atomic mass is 16.2. The minimum Gasteiger partial charge on any atom is -0.398 e. The van der Waals surface area contributed by atoms with Gasteiger partial charge in [0, 0.05) is 43.2 Å². The average Bonchev–Trinajstić information content (AvgIpc) is 2.75. The van der Waals surface area contributed by atoms with Gasteiger partial charge in [-0.1, -0.05) is 38.8 Å². The second-order valence-electron chi connectivity index (χ2n) is 9.26. The molecule has 0 bridgehead atoms. The van der Waals surface area contributed by atoms with Crippen LogP contribution in [0.2, 0.25) is 0 Å². The van der Waals surface area contributed by atoms with Gasteiger partial charge in [0.15, 0.2) is 0 Å². The summed E-state index contributed by atoms with van der Waals surface area (Å²) in [5.41, 5.74) is 11.9. The van der Waals surface area contributed by atoms with Gasteiger partial charge in [-0.25, -0.2) is 0 Å². The fourth-order valence-electron chi connectivity index (χ4n) is 5.40. The molecule has 1 aliphatic carbocycles. The van der Waals surface area contributed by atoms with E-state index < -0.39 is 0 Å². The lowest BCUT2D eigenvalue weighted by molar-refractivity contribution is -0.130. The predicted molar refractivity (Wildman–Crippen MR) is 123 cm³/mol. The first-order chi connectivity index (χ1) is 13.9. The molecular formula is C25H39N3O. The van der Waals surface area contributed by atoms with Gasteiger partial charge in [-0.3, -0.25) is 4.79 Å². The van der Waals surface area contributed by atoms with E-state index in [1.54, 1.807) is 6.92 Å². The molecule has 160 valence electrons. The van der Waals surface area contributed by atoms with E-state index in [9.17, 15) is 4.79 Å². The highest BCUT2D eigenvalue weighted by Gasteiger charge is 2.37. The van der Waals surface area contributed by atoms with Crippen molar-refractivity contribution >= 4 is 17.2 Å². The monoisotopic (exact) mass is 397 g/mol. The fraction of sp³-hybridized carbons (Fsp3) is 0.640. The zero-order valence-electron chi connectivity index (χ0n) is 18.8. The minimum absolute atomic E-state index is 0.0645. The lowest BCUT2D eigenvalue weighted by Crippen LogP contribution is -2.48. The number of hydrogen-bond acceptors (Lipinski definition) is 3. The zero-order chi connectivity index (χ0) is 21.1. The molecule has 3 N–H and O–H groups in total. The first kappa shape index (κ1) is 21.9. The second-order valence-corrected chi connectivity index (χ2v) is 9.26. The van der Waals surface area contributed by atoms with E-state index in [1.807, 2.05) is 11.9 Å². The van der Waals surface area contributed by atoms with Gasteiger partial charge in [0.2, 0.25) is 5.91 Å². The van der Waals surface area contributed by atoms with Crippen molar-refractivity contribution < 1.29 is 4.79 Å². The van der Waals surface area contributed by atoms with E-state index in [4.69, 9.17) is 5.73 Å². The van der Waals surface area contributed by atoms with Crippen LogP contribution in [0.25, 0.3) is 5.57 Å². The van der Waals surface area contributed by atoms with Crippen LogP contribution in [0.3, 0.4) is 0 Å². The summed E-state index contributed by atoms with van der Waals surface area (Å²) in [5, 5.41) is 3.41. The number of anilines is 1. The largest absolute Gasteiger partial charge is 0.398 e. The second kappa shape index (κ2) is 8.91. The molecule has 1 fully saturated rings. The minimum atomic E-state index is 0.0645. The number of rotatable bonds is 6. The van der Waals surface area contributed by atoms with E-state index in [-0.39, 0.29) is 11.3 Å². The number of likely N-dealkylation sites (tertiary alicyclic amines) is 1. The number of carbonyl (C=O) groups is 1. The molecule has 4 heteroatoms. The molecule has 1 aliphatic heterocycles. The molecule has 1 aromatic carbocycles. The van der Waals surface area contributed by atoms with Gasteiger partial charge < -0.3 is 16.0 Å². The van der Waals surface area contributed by atoms with Gasteiger partial charge in [0.1, 0.15) is 0 Å². The Morgan fingerprint density at radius 1 is 1.17 bits per heavy atom. The van der Waals surface area contributed by atoms with E-state index in [0.717, 1.165) is 51.0 Å². The smallest absolute Gasteiger partial charge is 0.219 e. The van der Waals surface area contributed by atoms with Crippen molar-refractivity contribution in [2.75, 3.05) is 32.4 Å². The number of piperidine rings is 1. The number of carbonyl (C=O) groups excluding carboxylic acids is 1. The van der Waals surface area contributed by atoms with Crippen LogP contribution >= 0.6 is 0 Å². The molecule has 0 spiro atoms. The van der Waals surface area contributed by atoms with Gasteiger partial charge in [0.25, 0.3) is 0 Å². The van der Waals surface area contributed by atoms with Gasteiger partial charge in [0.05, 0.1) is 0 Å². The standard InChI is InChI=1S/C25H39N3O/c1-5-24(6-2)11-9-20(10-12-24)22-17-21(7-8-23(22)26)25(18-27-4)13-15-28(16-14-25)19(3)29/h7-9,17,27H,5-6,10-16,18,26H2,1-4H3. The summed E-state index contributed by atoms with van der Waals surface area (Å²) in [6, 6.07) is 6.67. The molecule has 0 unspecified atom stereocenters. The quantitative estimate of drug-likeness (QED) is 0.682. The van der Waals surface area contributed by atoms with Crippen LogP contribution < -0.4 is 11.1 Å². The SMILES string of the molecule is CCC1(CC)CC=C(c2cc(C3(CNC)CCN(C(C)=O)CC3)ccc2N)CC1. The number of nitrogens with one attached hydrogen (secondary N) is 1. The molecule has 1 amide bonds. The van der Waals surface area contributed by atoms with E-state index in [0.29, 0.717) is 5.41 Å². The van der Waals surface area contributed by atoms with Gasteiger partial charge in [-0.05, 0) is 67.8 Å². The van der Waals surface area contributed by atoms with Gasteiger partial charge >= 0.3 is 0 Å². The normalized spacial score (nSPS) is 21.0. The van der Waals surface area contributed by atoms with E-state index >= 15 is 0 Å². The summed E-state index contributed by atoms with van der Waals surface area (Å²) in [6.07, 6.45) is 10.5. The zero-order valence-corrected chi connectivity index (χ0v) is 18.8. The summed E-state index contributed by atoms with van der Waals surface area (Å²) >= 11 is 0. The number of hydrogen-bond donors (Lipinski definition) is 2. The van der Waals surface area contributed by atoms with Crippen LogP contribution in [0, 0.1) is 5.41 Å². The molecule has 0 saturated carbocycles. The molecular weight excluding hydrogens is 358 g/mol. The van der Waals surface area contributed by atoms with Crippen LogP contribution in [0.4, 0.5) is 5.69 Å². The predicted octanol–water partition coefficient (Wildman–Crippen LogP) is 4.74. The number of likely N-dealkylation sites (N-methyl/N-ethyl adjacent to an activating group) is 1. The molecule has 3 rings (SSSR count). The first-order valence-electron chi connectivity index (χ1n) is 11.4.